The highest BCUT2D eigenvalue weighted by Gasteiger charge is 2.29. The summed E-state index contributed by atoms with van der Waals surface area (Å²) in [6.07, 6.45) is 6.77. The summed E-state index contributed by atoms with van der Waals surface area (Å²) in [6.45, 7) is 3.77. The number of rotatable bonds is 5. The van der Waals surface area contributed by atoms with E-state index < -0.39 is 0 Å². The molecule has 23 heavy (non-hydrogen) atoms. The molecule has 5 nitrogen and oxygen atoms in total. The Balaban J connectivity index is 1.68. The van der Waals surface area contributed by atoms with Crippen molar-refractivity contribution in [1.29, 1.82) is 5.26 Å². The van der Waals surface area contributed by atoms with E-state index in [1.165, 1.54) is 12.8 Å². The first kappa shape index (κ1) is 14.5. The van der Waals surface area contributed by atoms with Crippen molar-refractivity contribution in [1.82, 2.24) is 9.61 Å². The van der Waals surface area contributed by atoms with E-state index in [1.54, 1.807) is 0 Å². The molecule has 2 fully saturated rings. The predicted molar refractivity (Wildman–Crippen MR) is 88.4 cm³/mol. The molecule has 0 amide bonds. The zero-order chi connectivity index (χ0) is 15.6. The molecule has 0 N–H and O–H groups in total. The maximum atomic E-state index is 9.55. The van der Waals surface area contributed by atoms with Crippen LogP contribution >= 0.6 is 0 Å². The largest absolute Gasteiger partial charge is 0.381 e. The van der Waals surface area contributed by atoms with Gasteiger partial charge in [0.1, 0.15) is 11.8 Å². The van der Waals surface area contributed by atoms with Crippen LogP contribution in [0.25, 0.3) is 5.52 Å². The Kier molecular flexibility index (Phi) is 3.92. The summed E-state index contributed by atoms with van der Waals surface area (Å²) >= 11 is 0. The number of anilines is 1. The van der Waals surface area contributed by atoms with E-state index in [4.69, 9.17) is 4.74 Å². The van der Waals surface area contributed by atoms with Crippen LogP contribution in [0.1, 0.15) is 31.4 Å². The van der Waals surface area contributed by atoms with Gasteiger partial charge in [0.25, 0.3) is 0 Å². The maximum Gasteiger partial charge on any atom is 0.186 e. The summed E-state index contributed by atoms with van der Waals surface area (Å²) in [5.41, 5.74) is 2.60. The van der Waals surface area contributed by atoms with Crippen LogP contribution < -0.4 is 4.90 Å². The standard InChI is InChI=1S/C18H22N4O/c19-11-16-18(17-3-1-2-8-22(17)20-16)21(12-14-4-5-14)13-15-6-9-23-10-7-15/h1-3,8,14-15H,4-7,9-10,12-13H2. The molecule has 0 spiro atoms. The fourth-order valence-electron chi connectivity index (χ4n) is 3.48. The van der Waals surface area contributed by atoms with Gasteiger partial charge in [-0.1, -0.05) is 6.07 Å². The van der Waals surface area contributed by atoms with Gasteiger partial charge in [0.15, 0.2) is 5.69 Å². The molecular formula is C18H22N4O. The van der Waals surface area contributed by atoms with E-state index in [2.05, 4.69) is 22.1 Å². The van der Waals surface area contributed by atoms with E-state index in [-0.39, 0.29) is 0 Å². The van der Waals surface area contributed by atoms with Gasteiger partial charge in [-0.25, -0.2) is 4.52 Å². The van der Waals surface area contributed by atoms with Crippen molar-refractivity contribution in [3.63, 3.8) is 0 Å². The van der Waals surface area contributed by atoms with Gasteiger partial charge in [0, 0.05) is 32.5 Å². The molecule has 0 aromatic carbocycles. The Labute approximate surface area is 136 Å². The number of nitrogens with zero attached hydrogens (tertiary/aromatic N) is 4. The zero-order valence-corrected chi connectivity index (χ0v) is 13.3. The highest BCUT2D eigenvalue weighted by Crippen LogP contribution is 2.35. The van der Waals surface area contributed by atoms with Crippen LogP contribution in [0.5, 0.6) is 0 Å². The SMILES string of the molecule is N#Cc1nn2ccccc2c1N(CC1CCOCC1)CC1CC1. The Morgan fingerprint density at radius 3 is 2.61 bits per heavy atom. The van der Waals surface area contributed by atoms with Gasteiger partial charge in [-0.15, -0.1) is 0 Å². The van der Waals surface area contributed by atoms with Crippen molar-refractivity contribution in [2.75, 3.05) is 31.2 Å². The van der Waals surface area contributed by atoms with Crippen LogP contribution in [0.4, 0.5) is 5.69 Å². The van der Waals surface area contributed by atoms with Gasteiger partial charge >= 0.3 is 0 Å². The molecule has 5 heteroatoms. The Morgan fingerprint density at radius 1 is 1.17 bits per heavy atom. The topological polar surface area (TPSA) is 53.6 Å². The van der Waals surface area contributed by atoms with Crippen molar-refractivity contribution >= 4 is 11.2 Å². The van der Waals surface area contributed by atoms with Gasteiger partial charge in [-0.3, -0.25) is 0 Å². The van der Waals surface area contributed by atoms with Crippen molar-refractivity contribution in [3.05, 3.63) is 30.1 Å². The lowest BCUT2D eigenvalue weighted by molar-refractivity contribution is 0.0682. The minimum atomic E-state index is 0.545. The number of hydrogen-bond donors (Lipinski definition) is 0. The molecule has 2 aromatic heterocycles. The first-order valence-electron chi connectivity index (χ1n) is 8.55. The highest BCUT2D eigenvalue weighted by molar-refractivity contribution is 5.78. The second kappa shape index (κ2) is 6.21. The van der Waals surface area contributed by atoms with Gasteiger partial charge in [0.2, 0.25) is 0 Å². The fourth-order valence-corrected chi connectivity index (χ4v) is 3.48. The molecule has 4 rings (SSSR count). The average molecular weight is 310 g/mol. The molecule has 1 saturated carbocycles. The molecule has 1 aliphatic heterocycles. The molecule has 2 aromatic rings. The number of hydrogen-bond acceptors (Lipinski definition) is 4. The molecule has 2 aliphatic rings. The summed E-state index contributed by atoms with van der Waals surface area (Å²) in [7, 11) is 0. The molecule has 3 heterocycles. The summed E-state index contributed by atoms with van der Waals surface area (Å²) in [5, 5.41) is 14.0. The third-order valence-electron chi connectivity index (χ3n) is 4.93. The Hall–Kier alpha value is -2.06. The molecule has 0 atom stereocenters. The van der Waals surface area contributed by atoms with Crippen molar-refractivity contribution < 1.29 is 4.74 Å². The summed E-state index contributed by atoms with van der Waals surface area (Å²) in [6, 6.07) is 8.33. The second-order valence-corrected chi connectivity index (χ2v) is 6.74. The van der Waals surface area contributed by atoms with Crippen LogP contribution in [0.2, 0.25) is 0 Å². The first-order chi connectivity index (χ1) is 11.3. The summed E-state index contributed by atoms with van der Waals surface area (Å²) in [4.78, 5) is 2.43. The number of fused-ring (bicyclic) bond motifs is 1. The average Bonchev–Trinajstić information content (AvgIpc) is 3.32. The quantitative estimate of drug-likeness (QED) is 0.852. The van der Waals surface area contributed by atoms with E-state index in [0.29, 0.717) is 11.6 Å². The monoisotopic (exact) mass is 310 g/mol. The maximum absolute atomic E-state index is 9.55. The molecule has 1 saturated heterocycles. The number of ether oxygens (including phenoxy) is 1. The number of aromatic nitrogens is 2. The van der Waals surface area contributed by atoms with Crippen LogP contribution in [-0.4, -0.2) is 35.9 Å². The first-order valence-corrected chi connectivity index (χ1v) is 8.55. The van der Waals surface area contributed by atoms with Crippen molar-refractivity contribution in [3.8, 4) is 6.07 Å². The normalized spacial score (nSPS) is 18.9. The van der Waals surface area contributed by atoms with Crippen LogP contribution in [0, 0.1) is 23.2 Å². The molecule has 0 bridgehead atoms. The lowest BCUT2D eigenvalue weighted by atomic mass is 9.99. The molecule has 120 valence electrons. The van der Waals surface area contributed by atoms with E-state index in [1.807, 2.05) is 22.8 Å². The third kappa shape index (κ3) is 3.04. The Morgan fingerprint density at radius 2 is 1.91 bits per heavy atom. The molecular weight excluding hydrogens is 288 g/mol. The highest BCUT2D eigenvalue weighted by atomic mass is 16.5. The van der Waals surface area contributed by atoms with Crippen molar-refractivity contribution in [2.24, 2.45) is 11.8 Å². The molecule has 0 unspecified atom stereocenters. The lowest BCUT2D eigenvalue weighted by Gasteiger charge is -2.31. The van der Waals surface area contributed by atoms with Gasteiger partial charge < -0.3 is 9.64 Å². The van der Waals surface area contributed by atoms with Gasteiger partial charge in [0.05, 0.1) is 5.52 Å². The van der Waals surface area contributed by atoms with Crippen LogP contribution in [0.15, 0.2) is 24.4 Å². The molecule has 0 radical (unpaired) electrons. The fraction of sp³-hybridized carbons (Fsp3) is 0.556. The minimum Gasteiger partial charge on any atom is -0.381 e. The van der Waals surface area contributed by atoms with Crippen LogP contribution in [0.3, 0.4) is 0 Å². The second-order valence-electron chi connectivity index (χ2n) is 6.74. The molecule has 1 aliphatic carbocycles. The Bertz CT molecular complexity index is 722. The number of nitriles is 1. The summed E-state index contributed by atoms with van der Waals surface area (Å²) < 4.78 is 7.32. The van der Waals surface area contributed by atoms with Crippen molar-refractivity contribution in [2.45, 2.75) is 25.7 Å². The minimum absolute atomic E-state index is 0.545. The predicted octanol–water partition coefficient (Wildman–Crippen LogP) is 2.85. The number of pyridine rings is 1. The lowest BCUT2D eigenvalue weighted by Crippen LogP contribution is -2.34. The van der Waals surface area contributed by atoms with E-state index in [0.717, 1.165) is 56.3 Å². The van der Waals surface area contributed by atoms with E-state index in [9.17, 15) is 5.26 Å². The third-order valence-corrected chi connectivity index (χ3v) is 4.93. The van der Waals surface area contributed by atoms with E-state index >= 15 is 0 Å². The summed E-state index contributed by atoms with van der Waals surface area (Å²) in [5.74, 6) is 1.42. The smallest absolute Gasteiger partial charge is 0.186 e. The van der Waals surface area contributed by atoms with Gasteiger partial charge in [-0.05, 0) is 49.7 Å². The zero-order valence-electron chi connectivity index (χ0n) is 13.3. The van der Waals surface area contributed by atoms with Crippen LogP contribution in [-0.2, 0) is 4.74 Å². The van der Waals surface area contributed by atoms with Gasteiger partial charge in [-0.2, -0.15) is 10.4 Å².